The summed E-state index contributed by atoms with van der Waals surface area (Å²) in [5, 5.41) is 0. The van der Waals surface area contributed by atoms with Crippen LogP contribution in [0.1, 0.15) is 43.0 Å². The maximum Gasteiger partial charge on any atom is 0.338 e. The zero-order chi connectivity index (χ0) is 19.0. The quantitative estimate of drug-likeness (QED) is 0.562. The highest BCUT2D eigenvalue weighted by Crippen LogP contribution is 2.56. The first kappa shape index (κ1) is 18.1. The predicted octanol–water partition coefficient (Wildman–Crippen LogP) is 5.04. The van der Waals surface area contributed by atoms with Crippen LogP contribution in [-0.4, -0.2) is 19.2 Å². The van der Waals surface area contributed by atoms with Crippen molar-refractivity contribution in [3.63, 3.8) is 0 Å². The van der Waals surface area contributed by atoms with Gasteiger partial charge in [0.2, 0.25) is 0 Å². The minimum Gasteiger partial charge on any atom is -0.467 e. The molecule has 0 radical (unpaired) electrons. The monoisotopic (exact) mass is 366 g/mol. The van der Waals surface area contributed by atoms with Gasteiger partial charge >= 0.3 is 5.97 Å². The van der Waals surface area contributed by atoms with Crippen LogP contribution in [0.3, 0.4) is 0 Å². The maximum atomic E-state index is 12.5. The van der Waals surface area contributed by atoms with E-state index in [2.05, 4.69) is 26.8 Å². The van der Waals surface area contributed by atoms with Crippen LogP contribution >= 0.6 is 0 Å². The summed E-state index contributed by atoms with van der Waals surface area (Å²) < 4.78 is 17.7. The van der Waals surface area contributed by atoms with Crippen molar-refractivity contribution < 1.29 is 18.7 Å². The van der Waals surface area contributed by atoms with Crippen molar-refractivity contribution in [2.24, 2.45) is 23.2 Å². The number of carbonyl (C=O) groups is 1. The van der Waals surface area contributed by atoms with Crippen molar-refractivity contribution in [2.75, 3.05) is 13.2 Å². The SMILES string of the molecule is CC1=CC(C)C2(COC(=O)c3ccccc3)COC(c3ccco3)[C@@H]1C2C. The van der Waals surface area contributed by atoms with Crippen LogP contribution in [0.5, 0.6) is 0 Å². The molecule has 1 fully saturated rings. The lowest BCUT2D eigenvalue weighted by Gasteiger charge is -2.54. The molecule has 1 aliphatic heterocycles. The maximum absolute atomic E-state index is 12.5. The Morgan fingerprint density at radius 2 is 1.96 bits per heavy atom. The fourth-order valence-electron chi connectivity index (χ4n) is 4.82. The summed E-state index contributed by atoms with van der Waals surface area (Å²) in [6.07, 6.45) is 3.92. The van der Waals surface area contributed by atoms with Crippen LogP contribution in [0.2, 0.25) is 0 Å². The number of esters is 1. The molecule has 4 rings (SSSR count). The normalized spacial score (nSPS) is 32.6. The summed E-state index contributed by atoms with van der Waals surface area (Å²) in [5.74, 6) is 1.38. The number of hydrogen-bond donors (Lipinski definition) is 0. The molecule has 1 aromatic carbocycles. The Bertz CT molecular complexity index is 823. The van der Waals surface area contributed by atoms with Crippen LogP contribution < -0.4 is 0 Å². The van der Waals surface area contributed by atoms with Gasteiger partial charge in [-0.2, -0.15) is 0 Å². The molecule has 0 saturated carbocycles. The predicted molar refractivity (Wildman–Crippen MR) is 102 cm³/mol. The first-order valence-corrected chi connectivity index (χ1v) is 9.58. The van der Waals surface area contributed by atoms with E-state index in [4.69, 9.17) is 13.9 Å². The van der Waals surface area contributed by atoms with E-state index in [1.165, 1.54) is 5.57 Å². The fourth-order valence-corrected chi connectivity index (χ4v) is 4.82. The minimum absolute atomic E-state index is 0.0864. The van der Waals surface area contributed by atoms with Crippen molar-refractivity contribution in [2.45, 2.75) is 26.9 Å². The number of carbonyl (C=O) groups excluding carboxylic acids is 1. The average Bonchev–Trinajstić information content (AvgIpc) is 3.20. The van der Waals surface area contributed by atoms with Crippen molar-refractivity contribution >= 4 is 5.97 Å². The molecular weight excluding hydrogens is 340 g/mol. The van der Waals surface area contributed by atoms with E-state index in [1.54, 1.807) is 18.4 Å². The standard InChI is InChI=1S/C23H26O4/c1-15-12-16(2)23(14-27-22(24)18-8-5-4-6-9-18)13-26-21(20(15)17(23)3)19-10-7-11-25-19/h4-12,16-17,20-21H,13-14H2,1-3H3/t16?,17?,20-,21?,23?/m0/s1. The Balaban J connectivity index is 1.58. The zero-order valence-corrected chi connectivity index (χ0v) is 16.1. The second-order valence-electron chi connectivity index (χ2n) is 7.94. The molecule has 2 bridgehead atoms. The Morgan fingerprint density at radius 3 is 2.67 bits per heavy atom. The number of allylic oxidation sites excluding steroid dienone is 1. The highest BCUT2D eigenvalue weighted by molar-refractivity contribution is 5.89. The topological polar surface area (TPSA) is 48.7 Å². The average molecular weight is 366 g/mol. The van der Waals surface area contributed by atoms with Crippen LogP contribution in [0.15, 0.2) is 64.8 Å². The van der Waals surface area contributed by atoms with Gasteiger partial charge in [-0.1, -0.05) is 43.7 Å². The Hall–Kier alpha value is -2.33. The van der Waals surface area contributed by atoms with E-state index in [9.17, 15) is 4.79 Å². The van der Waals surface area contributed by atoms with Gasteiger partial charge in [0.15, 0.2) is 0 Å². The van der Waals surface area contributed by atoms with E-state index in [0.717, 1.165) is 5.76 Å². The third-order valence-electron chi connectivity index (χ3n) is 6.55. The second kappa shape index (κ2) is 7.01. The van der Waals surface area contributed by atoms with E-state index in [1.807, 2.05) is 30.3 Å². The Kier molecular flexibility index (Phi) is 4.68. The molecule has 1 aliphatic carbocycles. The van der Waals surface area contributed by atoms with Gasteiger partial charge in [-0.15, -0.1) is 0 Å². The second-order valence-corrected chi connectivity index (χ2v) is 7.94. The van der Waals surface area contributed by atoms with Crippen molar-refractivity contribution in [1.29, 1.82) is 0 Å². The lowest BCUT2D eigenvalue weighted by molar-refractivity contribution is -0.170. The molecule has 4 heteroatoms. The summed E-state index contributed by atoms with van der Waals surface area (Å²) in [6, 6.07) is 13.0. The molecule has 0 N–H and O–H groups in total. The third kappa shape index (κ3) is 3.02. The number of rotatable bonds is 4. The summed E-state index contributed by atoms with van der Waals surface area (Å²) in [6.45, 7) is 7.52. The molecule has 1 saturated heterocycles. The van der Waals surface area contributed by atoms with Gasteiger partial charge in [0.25, 0.3) is 0 Å². The molecule has 4 nitrogen and oxygen atoms in total. The van der Waals surface area contributed by atoms with Gasteiger partial charge in [0.1, 0.15) is 18.5 Å². The molecule has 27 heavy (non-hydrogen) atoms. The third-order valence-corrected chi connectivity index (χ3v) is 6.55. The highest BCUT2D eigenvalue weighted by atomic mass is 16.5. The molecule has 142 valence electrons. The van der Waals surface area contributed by atoms with Crippen LogP contribution in [0.4, 0.5) is 0 Å². The molecule has 1 aromatic heterocycles. The summed E-state index contributed by atoms with van der Waals surface area (Å²) in [7, 11) is 0. The van der Waals surface area contributed by atoms with Gasteiger partial charge in [-0.25, -0.2) is 4.79 Å². The number of ether oxygens (including phenoxy) is 2. The fraction of sp³-hybridized carbons (Fsp3) is 0.435. The largest absolute Gasteiger partial charge is 0.467 e. The first-order chi connectivity index (χ1) is 13.0. The van der Waals surface area contributed by atoms with E-state index in [0.29, 0.717) is 24.7 Å². The summed E-state index contributed by atoms with van der Waals surface area (Å²) in [4.78, 5) is 12.5. The molecule has 0 amide bonds. The Morgan fingerprint density at radius 1 is 1.19 bits per heavy atom. The number of fused-ring (bicyclic) bond motifs is 2. The van der Waals surface area contributed by atoms with Gasteiger partial charge in [0, 0.05) is 11.3 Å². The smallest absolute Gasteiger partial charge is 0.338 e. The molecule has 2 heterocycles. The first-order valence-electron chi connectivity index (χ1n) is 9.58. The van der Waals surface area contributed by atoms with Gasteiger partial charge in [-0.05, 0) is 43.0 Å². The highest BCUT2D eigenvalue weighted by Gasteiger charge is 2.55. The number of hydrogen-bond acceptors (Lipinski definition) is 4. The number of furan rings is 1. The molecule has 5 atom stereocenters. The van der Waals surface area contributed by atoms with Gasteiger partial charge < -0.3 is 13.9 Å². The van der Waals surface area contributed by atoms with E-state index in [-0.39, 0.29) is 29.3 Å². The van der Waals surface area contributed by atoms with Gasteiger partial charge in [-0.3, -0.25) is 0 Å². The minimum atomic E-state index is -0.277. The molecule has 2 aromatic rings. The van der Waals surface area contributed by atoms with Crippen molar-refractivity contribution in [3.05, 3.63) is 71.7 Å². The van der Waals surface area contributed by atoms with E-state index < -0.39 is 0 Å². The summed E-state index contributed by atoms with van der Waals surface area (Å²) in [5.41, 5.74) is 1.68. The molecular formula is C23H26O4. The number of benzene rings is 1. The summed E-state index contributed by atoms with van der Waals surface area (Å²) >= 11 is 0. The van der Waals surface area contributed by atoms with Gasteiger partial charge in [0.05, 0.1) is 18.4 Å². The zero-order valence-electron chi connectivity index (χ0n) is 16.1. The van der Waals surface area contributed by atoms with Crippen LogP contribution in [0, 0.1) is 23.2 Å². The van der Waals surface area contributed by atoms with E-state index >= 15 is 0 Å². The van der Waals surface area contributed by atoms with Crippen LogP contribution in [0.25, 0.3) is 0 Å². The molecule has 2 aliphatic rings. The lowest BCUT2D eigenvalue weighted by atomic mass is 9.56. The molecule has 0 spiro atoms. The lowest BCUT2D eigenvalue weighted by Crippen LogP contribution is -2.54. The van der Waals surface area contributed by atoms with Crippen LogP contribution in [-0.2, 0) is 9.47 Å². The Labute approximate surface area is 160 Å². The van der Waals surface area contributed by atoms with Crippen molar-refractivity contribution in [1.82, 2.24) is 0 Å². The molecule has 4 unspecified atom stereocenters. The van der Waals surface area contributed by atoms with Crippen molar-refractivity contribution in [3.8, 4) is 0 Å².